The summed E-state index contributed by atoms with van der Waals surface area (Å²) in [6.45, 7) is 8.59. The van der Waals surface area contributed by atoms with Crippen LogP contribution in [0.1, 0.15) is 24.8 Å². The minimum Gasteiger partial charge on any atom is -0.493 e. The molecule has 40 heavy (non-hydrogen) atoms. The van der Waals surface area contributed by atoms with E-state index in [1.165, 1.54) is 5.56 Å². The molecular weight excluding hydrogens is 502 g/mol. The number of piperidine rings is 1. The van der Waals surface area contributed by atoms with Crippen LogP contribution in [0.2, 0.25) is 0 Å². The predicted molar refractivity (Wildman–Crippen MR) is 163 cm³/mol. The zero-order valence-electron chi connectivity index (χ0n) is 24.6. The molecule has 2 aliphatic heterocycles. The lowest BCUT2D eigenvalue weighted by Crippen LogP contribution is -2.45. The Morgan fingerprint density at radius 3 is 2.40 bits per heavy atom. The molecule has 1 N–H and O–H groups in total. The highest BCUT2D eigenvalue weighted by Gasteiger charge is 2.24. The number of nitrogens with one attached hydrogen (secondary N) is 1. The number of fused-ring (bicyclic) bond motifs is 1. The summed E-state index contributed by atoms with van der Waals surface area (Å²) < 4.78 is 11.9. The van der Waals surface area contributed by atoms with E-state index in [1.54, 1.807) is 7.11 Å². The van der Waals surface area contributed by atoms with Gasteiger partial charge in [0.2, 0.25) is 5.95 Å². The number of anilines is 2. The molecule has 216 valence electrons. The molecule has 0 aliphatic carbocycles. The Morgan fingerprint density at radius 2 is 1.70 bits per heavy atom. The van der Waals surface area contributed by atoms with Gasteiger partial charge in [-0.3, -0.25) is 4.90 Å². The Labute approximate surface area is 239 Å². The molecule has 3 aromatic rings. The molecule has 1 aromatic heterocycles. The number of hydrogen-bond donors (Lipinski definition) is 1. The Morgan fingerprint density at radius 1 is 0.950 bits per heavy atom. The smallest absolute Gasteiger partial charge is 0.227 e. The quantitative estimate of drug-likeness (QED) is 0.361. The second-order valence-corrected chi connectivity index (χ2v) is 11.4. The maximum absolute atomic E-state index is 6.18. The number of rotatable bonds is 11. The molecule has 0 unspecified atom stereocenters. The highest BCUT2D eigenvalue weighted by molar-refractivity contribution is 5.93. The van der Waals surface area contributed by atoms with Gasteiger partial charge >= 0.3 is 0 Å². The van der Waals surface area contributed by atoms with Crippen molar-refractivity contribution in [2.45, 2.75) is 31.8 Å². The summed E-state index contributed by atoms with van der Waals surface area (Å²) in [5, 5.41) is 4.79. The van der Waals surface area contributed by atoms with E-state index in [0.29, 0.717) is 18.4 Å². The van der Waals surface area contributed by atoms with E-state index in [4.69, 9.17) is 19.4 Å². The molecule has 2 saturated heterocycles. The van der Waals surface area contributed by atoms with Crippen LogP contribution in [0.3, 0.4) is 0 Å². The number of nitrogens with zero attached hydrogens (tertiary/aromatic N) is 6. The standard InChI is InChI=1S/C31H45N7O2/c1-35(2)13-8-20-40-29-22-27-26(21-28(29)39-4)30(34-31(33-27)38-18-16-36(3)17-19-38)32-25-11-14-37(15-12-25)23-24-9-6-5-7-10-24/h5-7,9-10,21-22,25H,8,11-20,23H2,1-4H3,(H,32,33,34). The second kappa shape index (κ2) is 13.5. The topological polar surface area (TPSA) is 69.2 Å². The molecule has 0 spiro atoms. The third kappa shape index (κ3) is 7.33. The number of methoxy groups -OCH3 is 1. The van der Waals surface area contributed by atoms with Gasteiger partial charge in [-0.1, -0.05) is 30.3 Å². The van der Waals surface area contributed by atoms with Crippen molar-refractivity contribution < 1.29 is 9.47 Å². The van der Waals surface area contributed by atoms with Crippen molar-refractivity contribution in [2.24, 2.45) is 0 Å². The van der Waals surface area contributed by atoms with Gasteiger partial charge in [0, 0.05) is 69.9 Å². The highest BCUT2D eigenvalue weighted by atomic mass is 16.5. The van der Waals surface area contributed by atoms with Gasteiger partial charge in [-0.15, -0.1) is 0 Å². The van der Waals surface area contributed by atoms with Crippen molar-refractivity contribution in [2.75, 3.05) is 90.9 Å². The van der Waals surface area contributed by atoms with Crippen LogP contribution in [0.4, 0.5) is 11.8 Å². The molecule has 0 radical (unpaired) electrons. The van der Waals surface area contributed by atoms with E-state index >= 15 is 0 Å². The number of hydrogen-bond acceptors (Lipinski definition) is 9. The molecule has 2 aliphatic rings. The molecular formula is C31H45N7O2. The van der Waals surface area contributed by atoms with Crippen LogP contribution in [0.25, 0.3) is 10.9 Å². The molecule has 0 bridgehead atoms. The zero-order chi connectivity index (χ0) is 27.9. The first-order valence-corrected chi connectivity index (χ1v) is 14.6. The summed E-state index contributed by atoms with van der Waals surface area (Å²) in [5.41, 5.74) is 2.26. The SMILES string of the molecule is COc1cc2c(NC3CCN(Cc4ccccc4)CC3)nc(N3CCN(C)CC3)nc2cc1OCCCN(C)C. The molecule has 3 heterocycles. The van der Waals surface area contributed by atoms with Crippen molar-refractivity contribution in [1.82, 2.24) is 24.7 Å². The van der Waals surface area contributed by atoms with Gasteiger partial charge in [-0.05, 0) is 52.0 Å². The van der Waals surface area contributed by atoms with E-state index < -0.39 is 0 Å². The Kier molecular flexibility index (Phi) is 9.57. The maximum Gasteiger partial charge on any atom is 0.227 e. The molecule has 9 nitrogen and oxygen atoms in total. The van der Waals surface area contributed by atoms with Crippen LogP contribution >= 0.6 is 0 Å². The van der Waals surface area contributed by atoms with Gasteiger partial charge in [0.15, 0.2) is 11.5 Å². The molecule has 0 atom stereocenters. The van der Waals surface area contributed by atoms with E-state index in [1.807, 2.05) is 12.1 Å². The maximum atomic E-state index is 6.18. The summed E-state index contributed by atoms with van der Waals surface area (Å²) in [6, 6.07) is 15.2. The lowest BCUT2D eigenvalue weighted by molar-refractivity contribution is 0.211. The van der Waals surface area contributed by atoms with Crippen LogP contribution in [-0.4, -0.2) is 111 Å². The molecule has 0 saturated carbocycles. The van der Waals surface area contributed by atoms with Crippen LogP contribution < -0.4 is 19.7 Å². The minimum atomic E-state index is 0.360. The summed E-state index contributed by atoms with van der Waals surface area (Å²) in [4.78, 5) is 19.5. The largest absolute Gasteiger partial charge is 0.493 e. The van der Waals surface area contributed by atoms with Gasteiger partial charge in [-0.25, -0.2) is 4.98 Å². The van der Waals surface area contributed by atoms with Crippen LogP contribution in [-0.2, 0) is 6.54 Å². The summed E-state index contributed by atoms with van der Waals surface area (Å²) in [7, 11) is 8.02. The third-order valence-electron chi connectivity index (χ3n) is 7.94. The Bertz CT molecular complexity index is 1220. The first-order chi connectivity index (χ1) is 19.5. The number of ether oxygens (including phenoxy) is 2. The third-order valence-corrected chi connectivity index (χ3v) is 7.94. The number of likely N-dealkylation sites (tertiary alicyclic amines) is 1. The number of benzene rings is 2. The van der Waals surface area contributed by atoms with Crippen molar-refractivity contribution in [1.29, 1.82) is 0 Å². The first-order valence-electron chi connectivity index (χ1n) is 14.6. The Hall–Kier alpha value is -3.14. The highest BCUT2D eigenvalue weighted by Crippen LogP contribution is 2.36. The first kappa shape index (κ1) is 28.4. The average molecular weight is 548 g/mol. The van der Waals surface area contributed by atoms with Crippen LogP contribution in [0.5, 0.6) is 11.5 Å². The zero-order valence-corrected chi connectivity index (χ0v) is 24.6. The fraction of sp³-hybridized carbons (Fsp3) is 0.548. The molecule has 2 fully saturated rings. The fourth-order valence-corrected chi connectivity index (χ4v) is 5.49. The summed E-state index contributed by atoms with van der Waals surface area (Å²) in [5.74, 6) is 3.12. The number of aromatic nitrogens is 2. The Balaban J connectivity index is 1.36. The summed E-state index contributed by atoms with van der Waals surface area (Å²) >= 11 is 0. The van der Waals surface area contributed by atoms with Gasteiger partial charge in [0.05, 0.1) is 19.2 Å². The number of piperazine rings is 1. The van der Waals surface area contributed by atoms with Gasteiger partial charge in [0.1, 0.15) is 5.82 Å². The van der Waals surface area contributed by atoms with Crippen molar-refractivity contribution in [3.8, 4) is 11.5 Å². The lowest BCUT2D eigenvalue weighted by Gasteiger charge is -2.34. The van der Waals surface area contributed by atoms with Gasteiger partial charge < -0.3 is 29.5 Å². The van der Waals surface area contributed by atoms with Crippen LogP contribution in [0, 0.1) is 0 Å². The van der Waals surface area contributed by atoms with Gasteiger partial charge in [0.25, 0.3) is 0 Å². The van der Waals surface area contributed by atoms with E-state index in [0.717, 1.165) is 100 Å². The lowest BCUT2D eigenvalue weighted by atomic mass is 10.0. The summed E-state index contributed by atoms with van der Waals surface area (Å²) in [6.07, 6.45) is 3.10. The van der Waals surface area contributed by atoms with E-state index in [2.05, 4.69) is 76.4 Å². The second-order valence-electron chi connectivity index (χ2n) is 11.4. The van der Waals surface area contributed by atoms with Crippen molar-refractivity contribution >= 4 is 22.7 Å². The van der Waals surface area contributed by atoms with Crippen LogP contribution in [0.15, 0.2) is 42.5 Å². The van der Waals surface area contributed by atoms with Gasteiger partial charge in [-0.2, -0.15) is 4.98 Å². The monoisotopic (exact) mass is 547 g/mol. The molecule has 9 heteroatoms. The van der Waals surface area contributed by atoms with E-state index in [-0.39, 0.29) is 0 Å². The fourth-order valence-electron chi connectivity index (χ4n) is 5.49. The van der Waals surface area contributed by atoms with Crippen molar-refractivity contribution in [3.05, 3.63) is 48.0 Å². The molecule has 0 amide bonds. The normalized spacial score (nSPS) is 17.5. The van der Waals surface area contributed by atoms with Crippen molar-refractivity contribution in [3.63, 3.8) is 0 Å². The minimum absolute atomic E-state index is 0.360. The molecule has 2 aromatic carbocycles. The predicted octanol–water partition coefficient (Wildman–Crippen LogP) is 3.80. The number of likely N-dealkylation sites (N-methyl/N-ethyl adjacent to an activating group) is 1. The molecule has 5 rings (SSSR count). The average Bonchev–Trinajstić information content (AvgIpc) is 2.96. The van der Waals surface area contributed by atoms with E-state index in [9.17, 15) is 0 Å².